The number of amides is 3. The van der Waals surface area contributed by atoms with Crippen LogP contribution in [0.3, 0.4) is 0 Å². The van der Waals surface area contributed by atoms with Crippen molar-refractivity contribution in [2.24, 2.45) is 11.1 Å². The van der Waals surface area contributed by atoms with E-state index in [1.165, 1.54) is 0 Å². The van der Waals surface area contributed by atoms with Crippen LogP contribution in [0.15, 0.2) is 24.3 Å². The van der Waals surface area contributed by atoms with E-state index in [1.807, 2.05) is 11.8 Å². The molecule has 0 radical (unpaired) electrons. The second kappa shape index (κ2) is 7.35. The van der Waals surface area contributed by atoms with Gasteiger partial charge in [-0.3, -0.25) is 14.4 Å². The molecule has 2 aliphatic heterocycles. The highest BCUT2D eigenvalue weighted by molar-refractivity contribution is 5.96. The summed E-state index contributed by atoms with van der Waals surface area (Å²) >= 11 is 0. The van der Waals surface area contributed by atoms with Gasteiger partial charge in [-0.15, -0.1) is 0 Å². The summed E-state index contributed by atoms with van der Waals surface area (Å²) in [7, 11) is 0. The van der Waals surface area contributed by atoms with E-state index in [-0.39, 0.29) is 18.4 Å². The molecule has 2 aliphatic rings. The Kier molecular flexibility index (Phi) is 5.15. The molecule has 3 rings (SSSR count). The van der Waals surface area contributed by atoms with Gasteiger partial charge in [-0.25, -0.2) is 0 Å². The van der Waals surface area contributed by atoms with Gasteiger partial charge in [-0.05, 0) is 44.4 Å². The number of benzene rings is 1. The molecule has 1 aromatic carbocycles. The van der Waals surface area contributed by atoms with Gasteiger partial charge in [0.1, 0.15) is 5.75 Å². The highest BCUT2D eigenvalue weighted by atomic mass is 16.5. The van der Waals surface area contributed by atoms with Crippen LogP contribution in [0.1, 0.15) is 36.5 Å². The summed E-state index contributed by atoms with van der Waals surface area (Å²) in [5.74, 6) is -0.0816. The van der Waals surface area contributed by atoms with E-state index in [9.17, 15) is 14.4 Å². The molecule has 140 valence electrons. The molecule has 1 spiro atoms. The lowest BCUT2D eigenvalue weighted by Crippen LogP contribution is -2.50. The molecule has 7 nitrogen and oxygen atoms in total. The van der Waals surface area contributed by atoms with Crippen LogP contribution in [0.2, 0.25) is 0 Å². The predicted molar refractivity (Wildman–Crippen MR) is 95.6 cm³/mol. The van der Waals surface area contributed by atoms with Gasteiger partial charge in [-0.1, -0.05) is 6.07 Å². The minimum absolute atomic E-state index is 0.118. The minimum atomic E-state index is -0.570. The van der Waals surface area contributed by atoms with Crippen LogP contribution in [0.4, 0.5) is 0 Å². The fourth-order valence-electron chi connectivity index (χ4n) is 3.93. The lowest BCUT2D eigenvalue weighted by atomic mass is 9.78. The molecule has 26 heavy (non-hydrogen) atoms. The van der Waals surface area contributed by atoms with Gasteiger partial charge in [0.05, 0.1) is 5.41 Å². The monoisotopic (exact) mass is 359 g/mol. The Morgan fingerprint density at radius 1 is 1.27 bits per heavy atom. The van der Waals surface area contributed by atoms with Crippen LogP contribution in [0.5, 0.6) is 5.75 Å². The first kappa shape index (κ1) is 18.2. The summed E-state index contributed by atoms with van der Waals surface area (Å²) in [6, 6.07) is 6.71. The molecule has 2 saturated heterocycles. The minimum Gasteiger partial charge on any atom is -0.484 e. The second-order valence-electron chi connectivity index (χ2n) is 7.03. The van der Waals surface area contributed by atoms with Gasteiger partial charge in [0.25, 0.3) is 11.8 Å². The van der Waals surface area contributed by atoms with Gasteiger partial charge < -0.3 is 20.3 Å². The van der Waals surface area contributed by atoms with E-state index in [1.54, 1.807) is 29.2 Å². The van der Waals surface area contributed by atoms with Crippen molar-refractivity contribution >= 4 is 17.7 Å². The molecule has 2 fully saturated rings. The summed E-state index contributed by atoms with van der Waals surface area (Å²) in [5, 5.41) is 0. The number of nitrogens with two attached hydrogens (primary N) is 1. The molecule has 0 bridgehead atoms. The van der Waals surface area contributed by atoms with Crippen molar-refractivity contribution in [3.05, 3.63) is 29.8 Å². The van der Waals surface area contributed by atoms with Crippen molar-refractivity contribution in [1.29, 1.82) is 0 Å². The third-order valence-corrected chi connectivity index (χ3v) is 5.31. The van der Waals surface area contributed by atoms with Gasteiger partial charge in [0.15, 0.2) is 6.61 Å². The number of piperidine rings is 1. The van der Waals surface area contributed by atoms with E-state index >= 15 is 0 Å². The highest BCUT2D eigenvalue weighted by Gasteiger charge is 2.49. The molecule has 1 aromatic rings. The number of rotatable bonds is 5. The predicted octanol–water partition coefficient (Wildman–Crippen LogP) is 1.03. The number of carbonyl (C=O) groups is 3. The third kappa shape index (κ3) is 3.52. The fraction of sp³-hybridized carbons (Fsp3) is 0.526. The van der Waals surface area contributed by atoms with E-state index in [0.717, 1.165) is 19.4 Å². The maximum Gasteiger partial charge on any atom is 0.255 e. The number of likely N-dealkylation sites (tertiary alicyclic amines) is 2. The SMILES string of the molecule is CCN1CCCC2(CCN(C(=O)c3cccc(OCC(N)=O)c3)C2)C1=O. The third-order valence-electron chi connectivity index (χ3n) is 5.31. The molecule has 7 heteroatoms. The fourth-order valence-corrected chi connectivity index (χ4v) is 3.93. The smallest absolute Gasteiger partial charge is 0.255 e. The highest BCUT2D eigenvalue weighted by Crippen LogP contribution is 2.40. The number of carbonyl (C=O) groups excluding carboxylic acids is 3. The molecule has 1 atom stereocenters. The number of primary amides is 1. The quantitative estimate of drug-likeness (QED) is 0.850. The van der Waals surface area contributed by atoms with Crippen molar-refractivity contribution in [1.82, 2.24) is 9.80 Å². The standard InChI is InChI=1S/C19H25N3O4/c1-2-21-9-4-7-19(18(21)25)8-10-22(13-19)17(24)14-5-3-6-15(11-14)26-12-16(20)23/h3,5-6,11H,2,4,7-10,12-13H2,1H3,(H2,20,23). The van der Waals surface area contributed by atoms with E-state index in [0.29, 0.717) is 37.4 Å². The molecule has 1 unspecified atom stereocenters. The first-order chi connectivity index (χ1) is 12.4. The zero-order valence-corrected chi connectivity index (χ0v) is 15.1. The maximum absolute atomic E-state index is 12.9. The number of nitrogens with zero attached hydrogens (tertiary/aromatic N) is 2. The van der Waals surface area contributed by atoms with Crippen LogP contribution in [-0.4, -0.2) is 60.3 Å². The molecule has 3 amide bonds. The van der Waals surface area contributed by atoms with Crippen LogP contribution in [-0.2, 0) is 9.59 Å². The molecular weight excluding hydrogens is 334 g/mol. The first-order valence-corrected chi connectivity index (χ1v) is 9.05. The lowest BCUT2D eigenvalue weighted by molar-refractivity contribution is -0.145. The van der Waals surface area contributed by atoms with Crippen LogP contribution >= 0.6 is 0 Å². The lowest BCUT2D eigenvalue weighted by Gasteiger charge is -2.38. The molecule has 2 heterocycles. The van der Waals surface area contributed by atoms with Gasteiger partial charge in [0, 0.05) is 31.7 Å². The van der Waals surface area contributed by atoms with E-state index in [4.69, 9.17) is 10.5 Å². The van der Waals surface area contributed by atoms with Crippen LogP contribution in [0.25, 0.3) is 0 Å². The molecule has 2 N–H and O–H groups in total. The number of ether oxygens (including phenoxy) is 1. The summed E-state index contributed by atoms with van der Waals surface area (Å²) < 4.78 is 5.27. The molecule has 0 aliphatic carbocycles. The Labute approximate surface area is 153 Å². The molecule has 0 aromatic heterocycles. The Balaban J connectivity index is 1.71. The Morgan fingerprint density at radius 3 is 2.81 bits per heavy atom. The summed E-state index contributed by atoms with van der Waals surface area (Å²) in [6.07, 6.45) is 2.54. The number of hydrogen-bond donors (Lipinski definition) is 1. The summed E-state index contributed by atoms with van der Waals surface area (Å²) in [5.41, 5.74) is 5.14. The van der Waals surface area contributed by atoms with Crippen molar-refractivity contribution in [2.45, 2.75) is 26.2 Å². The maximum atomic E-state index is 12.9. The molecular formula is C19H25N3O4. The van der Waals surface area contributed by atoms with Crippen molar-refractivity contribution in [2.75, 3.05) is 32.8 Å². The summed E-state index contributed by atoms with van der Waals surface area (Å²) in [4.78, 5) is 40.2. The van der Waals surface area contributed by atoms with E-state index in [2.05, 4.69) is 0 Å². The number of hydrogen-bond acceptors (Lipinski definition) is 4. The Bertz CT molecular complexity index is 720. The second-order valence-corrected chi connectivity index (χ2v) is 7.03. The van der Waals surface area contributed by atoms with Crippen molar-refractivity contribution < 1.29 is 19.1 Å². The van der Waals surface area contributed by atoms with Crippen LogP contribution in [0, 0.1) is 5.41 Å². The van der Waals surface area contributed by atoms with Gasteiger partial charge >= 0.3 is 0 Å². The van der Waals surface area contributed by atoms with Gasteiger partial charge in [0.2, 0.25) is 5.91 Å². The topological polar surface area (TPSA) is 92.9 Å². The zero-order chi connectivity index (χ0) is 18.7. The Hall–Kier alpha value is -2.57. The normalized spacial score (nSPS) is 22.7. The largest absolute Gasteiger partial charge is 0.484 e. The Morgan fingerprint density at radius 2 is 2.08 bits per heavy atom. The average molecular weight is 359 g/mol. The first-order valence-electron chi connectivity index (χ1n) is 9.05. The average Bonchev–Trinajstić information content (AvgIpc) is 3.07. The van der Waals surface area contributed by atoms with E-state index < -0.39 is 11.3 Å². The van der Waals surface area contributed by atoms with Crippen molar-refractivity contribution in [3.8, 4) is 5.75 Å². The van der Waals surface area contributed by atoms with Crippen LogP contribution < -0.4 is 10.5 Å². The van der Waals surface area contributed by atoms with Gasteiger partial charge in [-0.2, -0.15) is 0 Å². The van der Waals surface area contributed by atoms with Crippen molar-refractivity contribution in [3.63, 3.8) is 0 Å². The molecule has 0 saturated carbocycles. The summed E-state index contributed by atoms with van der Waals surface area (Å²) in [6.45, 7) is 4.33. The zero-order valence-electron chi connectivity index (χ0n) is 15.1.